The third-order valence-corrected chi connectivity index (χ3v) is 1.20. The molecule has 0 aromatic heterocycles. The van der Waals surface area contributed by atoms with Gasteiger partial charge in [-0.05, 0) is 0 Å². The van der Waals surface area contributed by atoms with Crippen LogP contribution >= 0.6 is 39.3 Å². The molecule has 0 aliphatic heterocycles. The molecule has 0 bridgehead atoms. The van der Waals surface area contributed by atoms with Crippen LogP contribution in [0, 0.1) is 0 Å². The van der Waals surface area contributed by atoms with E-state index in [4.69, 9.17) is 23.2 Å². The topological polar surface area (TPSA) is 29.1 Å². The minimum absolute atomic E-state index is 0.119. The minimum Gasteiger partial charge on any atom is -0.293 e. The molecule has 2 nitrogen and oxygen atoms in total. The van der Waals surface area contributed by atoms with E-state index in [1.807, 2.05) is 0 Å². The van der Waals surface area contributed by atoms with Gasteiger partial charge in [0.2, 0.25) is 5.91 Å². The second-order valence-electron chi connectivity index (χ2n) is 1.11. The first-order valence-corrected chi connectivity index (χ1v) is 3.51. The molecule has 0 radical (unpaired) electrons. The Kier molecular flexibility index (Phi) is 4.71. The Labute approximate surface area is 65.9 Å². The highest BCUT2D eigenvalue weighted by Gasteiger charge is 2.04. The van der Waals surface area contributed by atoms with Crippen molar-refractivity contribution < 1.29 is 4.79 Å². The van der Waals surface area contributed by atoms with Gasteiger partial charge in [0.05, 0.1) is 6.42 Å². The number of hydrogen-bond acceptors (Lipinski definition) is 1. The molecule has 5 heteroatoms. The third-order valence-electron chi connectivity index (χ3n) is 0.445. The zero-order chi connectivity index (χ0) is 6.57. The Morgan fingerprint density at radius 1 is 1.75 bits per heavy atom. The molecular weight excluding hydrogens is 217 g/mol. The van der Waals surface area contributed by atoms with Crippen molar-refractivity contribution in [3.63, 3.8) is 0 Å². The lowest BCUT2D eigenvalue weighted by molar-refractivity contribution is -0.118. The van der Waals surface area contributed by atoms with Crippen molar-refractivity contribution in [2.24, 2.45) is 0 Å². The van der Waals surface area contributed by atoms with Crippen molar-refractivity contribution in [2.45, 2.75) is 11.3 Å². The summed E-state index contributed by atoms with van der Waals surface area (Å²) in [5.41, 5.74) is 0. The first kappa shape index (κ1) is 8.53. The van der Waals surface area contributed by atoms with Crippen molar-refractivity contribution in [3.8, 4) is 0 Å². The van der Waals surface area contributed by atoms with E-state index in [-0.39, 0.29) is 12.3 Å². The zero-order valence-corrected chi connectivity index (χ0v) is 6.92. The summed E-state index contributed by atoms with van der Waals surface area (Å²) in [4.78, 5) is 9.68. The predicted molar refractivity (Wildman–Crippen MR) is 37.2 cm³/mol. The van der Waals surface area contributed by atoms with Crippen molar-refractivity contribution in [1.82, 2.24) is 4.34 Å². The second kappa shape index (κ2) is 4.41. The normalized spacial score (nSPS) is 9.50. The molecule has 48 valence electrons. The van der Waals surface area contributed by atoms with Crippen LogP contribution < -0.4 is 4.34 Å². The van der Waals surface area contributed by atoms with Gasteiger partial charge in [-0.3, -0.25) is 9.14 Å². The average Bonchev–Trinajstić information content (AvgIpc) is 1.65. The lowest BCUT2D eigenvalue weighted by Crippen LogP contribution is -2.13. The monoisotopic (exact) mass is 219 g/mol. The zero-order valence-electron chi connectivity index (χ0n) is 3.83. The third kappa shape index (κ3) is 4.68. The smallest absolute Gasteiger partial charge is 0.232 e. The number of nitrogens with one attached hydrogen (secondary N) is 1. The van der Waals surface area contributed by atoms with E-state index in [0.717, 1.165) is 0 Å². The largest absolute Gasteiger partial charge is 0.293 e. The van der Waals surface area contributed by atoms with Gasteiger partial charge in [0.25, 0.3) is 0 Å². The SMILES string of the molecule is O=C(CC(Cl)Cl)NBr. The molecule has 1 N–H and O–H groups in total. The van der Waals surface area contributed by atoms with E-state index >= 15 is 0 Å². The lowest BCUT2D eigenvalue weighted by Gasteiger charge is -1.95. The maximum atomic E-state index is 10.3. The number of hydrogen-bond donors (Lipinski definition) is 1. The molecule has 0 spiro atoms. The van der Waals surface area contributed by atoms with Crippen LogP contribution in [-0.4, -0.2) is 10.7 Å². The van der Waals surface area contributed by atoms with E-state index in [0.29, 0.717) is 0 Å². The van der Waals surface area contributed by atoms with Gasteiger partial charge in [-0.25, -0.2) is 0 Å². The second-order valence-corrected chi connectivity index (χ2v) is 2.79. The Hall–Kier alpha value is 0.530. The number of alkyl halides is 2. The number of carbonyl (C=O) groups excluding carboxylic acids is 1. The van der Waals surface area contributed by atoms with Gasteiger partial charge in [0, 0.05) is 16.1 Å². The van der Waals surface area contributed by atoms with Gasteiger partial charge in [-0.15, -0.1) is 23.2 Å². The Balaban J connectivity index is 3.25. The Morgan fingerprint density at radius 2 is 2.25 bits per heavy atom. The van der Waals surface area contributed by atoms with Gasteiger partial charge in [-0.1, -0.05) is 0 Å². The molecule has 0 saturated heterocycles. The summed E-state index contributed by atoms with van der Waals surface area (Å²) in [5.74, 6) is -0.222. The van der Waals surface area contributed by atoms with Gasteiger partial charge < -0.3 is 0 Å². The molecule has 1 amide bonds. The molecule has 0 fully saturated rings. The van der Waals surface area contributed by atoms with Crippen LogP contribution in [0.25, 0.3) is 0 Å². The van der Waals surface area contributed by atoms with Crippen LogP contribution in [0.1, 0.15) is 6.42 Å². The number of carbonyl (C=O) groups is 1. The van der Waals surface area contributed by atoms with E-state index in [2.05, 4.69) is 20.5 Å². The fourth-order valence-corrected chi connectivity index (χ4v) is 0.621. The molecule has 0 saturated carbocycles. The molecule has 0 atom stereocenters. The van der Waals surface area contributed by atoms with Crippen LogP contribution in [0.2, 0.25) is 0 Å². The molecule has 0 aliphatic rings. The summed E-state index contributed by atoms with van der Waals surface area (Å²) in [6.07, 6.45) is 0.119. The molecular formula is C3H4BrCl2NO. The summed E-state index contributed by atoms with van der Waals surface area (Å²) in [6.45, 7) is 0. The fraction of sp³-hybridized carbons (Fsp3) is 0.667. The van der Waals surface area contributed by atoms with E-state index in [1.165, 1.54) is 0 Å². The van der Waals surface area contributed by atoms with Crippen LogP contribution in [0.15, 0.2) is 0 Å². The average molecular weight is 221 g/mol. The Morgan fingerprint density at radius 3 is 2.38 bits per heavy atom. The lowest BCUT2D eigenvalue weighted by atomic mass is 10.5. The first-order valence-electron chi connectivity index (χ1n) is 1.84. The van der Waals surface area contributed by atoms with E-state index in [1.54, 1.807) is 0 Å². The molecule has 0 aromatic rings. The maximum Gasteiger partial charge on any atom is 0.232 e. The molecule has 8 heavy (non-hydrogen) atoms. The highest BCUT2D eigenvalue weighted by Crippen LogP contribution is 2.05. The van der Waals surface area contributed by atoms with Crippen LogP contribution in [-0.2, 0) is 4.79 Å². The first-order chi connectivity index (χ1) is 3.66. The summed E-state index contributed by atoms with van der Waals surface area (Å²) in [6, 6.07) is 0. The summed E-state index contributed by atoms with van der Waals surface area (Å²) >= 11 is 13.2. The fourth-order valence-electron chi connectivity index (χ4n) is 0.179. The molecule has 0 aromatic carbocycles. The standard InChI is InChI=1S/C3H4BrCl2NO/c4-7-3(8)1-2(5)6/h2H,1H2,(H,7,8). The van der Waals surface area contributed by atoms with Crippen molar-refractivity contribution in [2.75, 3.05) is 0 Å². The van der Waals surface area contributed by atoms with Crippen LogP contribution in [0.4, 0.5) is 0 Å². The molecule has 0 aliphatic carbocycles. The quantitative estimate of drug-likeness (QED) is 0.556. The van der Waals surface area contributed by atoms with Gasteiger partial charge in [0.15, 0.2) is 0 Å². The van der Waals surface area contributed by atoms with Crippen molar-refractivity contribution in [1.29, 1.82) is 0 Å². The van der Waals surface area contributed by atoms with Crippen LogP contribution in [0.3, 0.4) is 0 Å². The van der Waals surface area contributed by atoms with Gasteiger partial charge in [0.1, 0.15) is 4.84 Å². The van der Waals surface area contributed by atoms with Crippen LogP contribution in [0.5, 0.6) is 0 Å². The highest BCUT2D eigenvalue weighted by atomic mass is 79.9. The number of rotatable bonds is 2. The maximum absolute atomic E-state index is 10.3. The Bertz CT molecular complexity index is 87.4. The van der Waals surface area contributed by atoms with E-state index in [9.17, 15) is 4.79 Å². The molecule has 0 heterocycles. The minimum atomic E-state index is -0.618. The van der Waals surface area contributed by atoms with Gasteiger partial charge >= 0.3 is 0 Å². The molecule has 0 rings (SSSR count). The summed E-state index contributed by atoms with van der Waals surface area (Å²) < 4.78 is 2.20. The van der Waals surface area contributed by atoms with E-state index < -0.39 is 4.84 Å². The number of halogens is 3. The number of amides is 1. The van der Waals surface area contributed by atoms with Crippen molar-refractivity contribution >= 4 is 45.3 Å². The highest BCUT2D eigenvalue weighted by molar-refractivity contribution is 9.08. The van der Waals surface area contributed by atoms with Crippen molar-refractivity contribution in [3.05, 3.63) is 0 Å². The summed E-state index contributed by atoms with van der Waals surface area (Å²) in [5, 5.41) is 0. The molecule has 0 unspecified atom stereocenters. The predicted octanol–water partition coefficient (Wildman–Crippen LogP) is 1.61. The van der Waals surface area contributed by atoms with Gasteiger partial charge in [-0.2, -0.15) is 0 Å². The summed E-state index contributed by atoms with van der Waals surface area (Å²) in [7, 11) is 0.